The van der Waals surface area contributed by atoms with E-state index in [1.165, 1.54) is 0 Å². The molecule has 0 radical (unpaired) electrons. The molecule has 4 heteroatoms. The average Bonchev–Trinajstić information content (AvgIpc) is 2.35. The van der Waals surface area contributed by atoms with Crippen LogP contribution in [0.2, 0.25) is 0 Å². The number of halogens is 1. The van der Waals surface area contributed by atoms with Gasteiger partial charge in [-0.2, -0.15) is 0 Å². The lowest BCUT2D eigenvalue weighted by molar-refractivity contribution is 0.351. The van der Waals surface area contributed by atoms with E-state index in [0.29, 0.717) is 4.90 Å². The van der Waals surface area contributed by atoms with E-state index in [2.05, 4.69) is 29.8 Å². The molecule has 0 N–H and O–H groups in total. The maximum atomic E-state index is 12.6. The largest absolute Gasteiger partial charge is 0.224 e. The second-order valence-electron chi connectivity index (χ2n) is 5.37. The van der Waals surface area contributed by atoms with Gasteiger partial charge < -0.3 is 0 Å². The van der Waals surface area contributed by atoms with Crippen LogP contribution in [0.25, 0.3) is 0 Å². The standard InChI is InChI=1S/C15H23BrO2S/c1-5-15(6-2,10-16)11-19(17,18)14-8-7-12(3)9-13(14)4/h7-9H,5-6,10-11H2,1-4H3. The molecule has 2 nitrogen and oxygen atoms in total. The summed E-state index contributed by atoms with van der Waals surface area (Å²) in [7, 11) is -3.23. The van der Waals surface area contributed by atoms with E-state index < -0.39 is 9.84 Å². The van der Waals surface area contributed by atoms with Crippen molar-refractivity contribution in [2.24, 2.45) is 5.41 Å². The van der Waals surface area contributed by atoms with Crippen molar-refractivity contribution in [3.8, 4) is 0 Å². The predicted octanol–water partition coefficient (Wildman–Crippen LogP) is 4.28. The molecule has 1 aromatic carbocycles. The lowest BCUT2D eigenvalue weighted by atomic mass is 9.87. The van der Waals surface area contributed by atoms with Crippen molar-refractivity contribution in [1.29, 1.82) is 0 Å². The summed E-state index contributed by atoms with van der Waals surface area (Å²) in [4.78, 5) is 0.477. The molecule has 0 unspecified atom stereocenters. The van der Waals surface area contributed by atoms with Crippen LogP contribution in [0.1, 0.15) is 37.8 Å². The van der Waals surface area contributed by atoms with E-state index in [1.807, 2.05) is 26.0 Å². The molecule has 0 aliphatic heterocycles. The summed E-state index contributed by atoms with van der Waals surface area (Å²) in [5.41, 5.74) is 1.76. The number of alkyl halides is 1. The maximum Gasteiger partial charge on any atom is 0.179 e. The summed E-state index contributed by atoms with van der Waals surface area (Å²) in [5.74, 6) is 0.210. The Hall–Kier alpha value is -0.350. The highest BCUT2D eigenvalue weighted by Crippen LogP contribution is 2.33. The van der Waals surface area contributed by atoms with Gasteiger partial charge in [-0.3, -0.25) is 0 Å². The molecule has 1 aromatic rings. The molecule has 0 saturated heterocycles. The van der Waals surface area contributed by atoms with Crippen LogP contribution in [-0.4, -0.2) is 19.5 Å². The zero-order valence-electron chi connectivity index (χ0n) is 12.2. The summed E-state index contributed by atoms with van der Waals surface area (Å²) < 4.78 is 25.3. The molecule has 0 spiro atoms. The van der Waals surface area contributed by atoms with Gasteiger partial charge in [0.05, 0.1) is 10.6 Å². The Morgan fingerprint density at radius 1 is 1.16 bits per heavy atom. The topological polar surface area (TPSA) is 34.1 Å². The number of aryl methyl sites for hydroxylation is 2. The third kappa shape index (κ3) is 3.82. The van der Waals surface area contributed by atoms with Gasteiger partial charge in [-0.15, -0.1) is 0 Å². The average molecular weight is 347 g/mol. The van der Waals surface area contributed by atoms with E-state index in [0.717, 1.165) is 29.3 Å². The Morgan fingerprint density at radius 2 is 1.74 bits per heavy atom. The van der Waals surface area contributed by atoms with E-state index in [1.54, 1.807) is 6.07 Å². The Morgan fingerprint density at radius 3 is 2.16 bits per heavy atom. The minimum Gasteiger partial charge on any atom is -0.224 e. The first kappa shape index (κ1) is 16.7. The lowest BCUT2D eigenvalue weighted by Crippen LogP contribution is -2.31. The van der Waals surface area contributed by atoms with Crippen LogP contribution in [-0.2, 0) is 9.84 Å². The van der Waals surface area contributed by atoms with E-state index >= 15 is 0 Å². The first-order chi connectivity index (χ1) is 8.80. The Kier molecular flexibility index (Phi) is 5.63. The first-order valence-corrected chi connectivity index (χ1v) is 9.43. The van der Waals surface area contributed by atoms with Gasteiger partial charge in [-0.25, -0.2) is 8.42 Å². The Bertz CT molecular complexity index is 523. The van der Waals surface area contributed by atoms with Crippen molar-refractivity contribution in [2.45, 2.75) is 45.4 Å². The molecule has 0 atom stereocenters. The quantitative estimate of drug-likeness (QED) is 0.720. The van der Waals surface area contributed by atoms with Gasteiger partial charge in [0.2, 0.25) is 0 Å². The molecule has 0 aliphatic carbocycles. The molecule has 0 aliphatic rings. The number of hydrogen-bond acceptors (Lipinski definition) is 2. The highest BCUT2D eigenvalue weighted by Gasteiger charge is 2.32. The fourth-order valence-electron chi connectivity index (χ4n) is 2.31. The zero-order valence-corrected chi connectivity index (χ0v) is 14.6. The molecule has 0 amide bonds. The van der Waals surface area contributed by atoms with Crippen LogP contribution in [0.3, 0.4) is 0 Å². The summed E-state index contributed by atoms with van der Waals surface area (Å²) in [6.45, 7) is 7.96. The summed E-state index contributed by atoms with van der Waals surface area (Å²) in [6.07, 6.45) is 1.72. The Balaban J connectivity index is 3.17. The lowest BCUT2D eigenvalue weighted by Gasteiger charge is -2.29. The van der Waals surface area contributed by atoms with Crippen molar-refractivity contribution in [3.05, 3.63) is 29.3 Å². The molecule has 0 bridgehead atoms. The van der Waals surface area contributed by atoms with Crippen LogP contribution in [0.4, 0.5) is 0 Å². The molecule has 1 rings (SSSR count). The highest BCUT2D eigenvalue weighted by molar-refractivity contribution is 9.09. The maximum absolute atomic E-state index is 12.6. The van der Waals surface area contributed by atoms with Crippen molar-refractivity contribution in [1.82, 2.24) is 0 Å². The van der Waals surface area contributed by atoms with Gasteiger partial charge in [0.1, 0.15) is 0 Å². The monoisotopic (exact) mass is 346 g/mol. The minimum atomic E-state index is -3.23. The molecule has 0 aromatic heterocycles. The van der Waals surface area contributed by atoms with Crippen LogP contribution in [0.15, 0.2) is 23.1 Å². The van der Waals surface area contributed by atoms with Crippen LogP contribution >= 0.6 is 15.9 Å². The molecule has 0 saturated carbocycles. The second-order valence-corrected chi connectivity index (χ2v) is 7.89. The fraction of sp³-hybridized carbons (Fsp3) is 0.600. The second kappa shape index (κ2) is 6.40. The molecule has 0 fully saturated rings. The van der Waals surface area contributed by atoms with Crippen molar-refractivity contribution in [2.75, 3.05) is 11.1 Å². The summed E-state index contributed by atoms with van der Waals surface area (Å²) in [5, 5.41) is 0.719. The van der Waals surface area contributed by atoms with Gasteiger partial charge in [-0.05, 0) is 43.7 Å². The molecular weight excluding hydrogens is 324 g/mol. The normalized spacial score (nSPS) is 12.7. The number of sulfone groups is 1. The van der Waals surface area contributed by atoms with Gasteiger partial charge in [-0.1, -0.05) is 47.5 Å². The van der Waals surface area contributed by atoms with E-state index in [-0.39, 0.29) is 11.2 Å². The number of benzene rings is 1. The van der Waals surface area contributed by atoms with Gasteiger partial charge in [0.25, 0.3) is 0 Å². The number of rotatable bonds is 6. The van der Waals surface area contributed by atoms with Gasteiger partial charge in [0, 0.05) is 5.33 Å². The summed E-state index contributed by atoms with van der Waals surface area (Å²) >= 11 is 3.48. The summed E-state index contributed by atoms with van der Waals surface area (Å²) in [6, 6.07) is 5.54. The van der Waals surface area contributed by atoms with Gasteiger partial charge >= 0.3 is 0 Å². The number of hydrogen-bond donors (Lipinski definition) is 0. The molecular formula is C15H23BrO2S. The van der Waals surface area contributed by atoms with E-state index in [4.69, 9.17) is 0 Å². The van der Waals surface area contributed by atoms with Crippen molar-refractivity contribution in [3.63, 3.8) is 0 Å². The molecule has 0 heterocycles. The SMILES string of the molecule is CCC(CC)(CBr)CS(=O)(=O)c1ccc(C)cc1C. The van der Waals surface area contributed by atoms with Crippen molar-refractivity contribution >= 4 is 25.8 Å². The van der Waals surface area contributed by atoms with Crippen LogP contribution in [0.5, 0.6) is 0 Å². The van der Waals surface area contributed by atoms with Crippen molar-refractivity contribution < 1.29 is 8.42 Å². The molecule has 108 valence electrons. The van der Waals surface area contributed by atoms with Gasteiger partial charge in [0.15, 0.2) is 9.84 Å². The van der Waals surface area contributed by atoms with E-state index in [9.17, 15) is 8.42 Å². The van der Waals surface area contributed by atoms with Crippen LogP contribution < -0.4 is 0 Å². The first-order valence-electron chi connectivity index (χ1n) is 6.66. The van der Waals surface area contributed by atoms with Crippen LogP contribution in [0, 0.1) is 19.3 Å². The molecule has 19 heavy (non-hydrogen) atoms. The smallest absolute Gasteiger partial charge is 0.179 e. The third-order valence-corrected chi connectivity index (χ3v) is 7.26. The Labute approximate surface area is 125 Å². The third-order valence-electron chi connectivity index (χ3n) is 3.95. The minimum absolute atomic E-state index is 0.170. The predicted molar refractivity (Wildman–Crippen MR) is 84.8 cm³/mol. The highest BCUT2D eigenvalue weighted by atomic mass is 79.9. The fourth-order valence-corrected chi connectivity index (χ4v) is 5.86. The zero-order chi connectivity index (χ0) is 14.7.